The zero-order chi connectivity index (χ0) is 20.4. The summed E-state index contributed by atoms with van der Waals surface area (Å²) in [4.78, 5) is 20.4. The van der Waals surface area contributed by atoms with E-state index in [4.69, 9.17) is 0 Å². The van der Waals surface area contributed by atoms with Gasteiger partial charge in [0.2, 0.25) is 5.95 Å². The summed E-state index contributed by atoms with van der Waals surface area (Å²) < 4.78 is 27.8. The van der Waals surface area contributed by atoms with Gasteiger partial charge in [-0.2, -0.15) is 0 Å². The second kappa shape index (κ2) is 7.52. The SMILES string of the molecule is Cc1ccc(S(=O)(=O)N(CC(=O)c2ccccc2)c2nc3ccccc3[nH]2)cc1. The molecule has 0 atom stereocenters. The van der Waals surface area contributed by atoms with Crippen molar-refractivity contribution in [3.05, 3.63) is 90.0 Å². The molecule has 29 heavy (non-hydrogen) atoms. The van der Waals surface area contributed by atoms with Crippen molar-refractivity contribution in [3.63, 3.8) is 0 Å². The number of aromatic nitrogens is 2. The van der Waals surface area contributed by atoms with Crippen LogP contribution >= 0.6 is 0 Å². The lowest BCUT2D eigenvalue weighted by Gasteiger charge is -2.21. The summed E-state index contributed by atoms with van der Waals surface area (Å²) in [5.41, 5.74) is 2.70. The van der Waals surface area contributed by atoms with Gasteiger partial charge in [-0.1, -0.05) is 60.2 Å². The third kappa shape index (κ3) is 3.77. The maximum absolute atomic E-state index is 13.4. The van der Waals surface area contributed by atoms with E-state index in [0.29, 0.717) is 16.6 Å². The third-order valence-corrected chi connectivity index (χ3v) is 6.36. The topological polar surface area (TPSA) is 83.1 Å². The summed E-state index contributed by atoms with van der Waals surface area (Å²) in [6, 6.07) is 22.4. The Bertz CT molecular complexity index is 1230. The number of anilines is 1. The van der Waals surface area contributed by atoms with Gasteiger partial charge in [0.15, 0.2) is 5.78 Å². The summed E-state index contributed by atoms with van der Waals surface area (Å²) in [6.45, 7) is 1.52. The van der Waals surface area contributed by atoms with Crippen molar-refractivity contribution in [2.45, 2.75) is 11.8 Å². The molecule has 1 heterocycles. The molecular weight excluding hydrogens is 386 g/mol. The molecule has 1 N–H and O–H groups in total. The zero-order valence-corrected chi connectivity index (χ0v) is 16.6. The number of imidazole rings is 1. The fourth-order valence-electron chi connectivity index (χ4n) is 3.01. The molecule has 0 saturated heterocycles. The minimum atomic E-state index is -4.00. The molecule has 0 aliphatic heterocycles. The second-order valence-corrected chi connectivity index (χ2v) is 8.55. The summed E-state index contributed by atoms with van der Waals surface area (Å²) in [7, 11) is -4.00. The van der Waals surface area contributed by atoms with Crippen LogP contribution in [0.4, 0.5) is 5.95 Å². The minimum Gasteiger partial charge on any atom is -0.323 e. The van der Waals surface area contributed by atoms with Crippen molar-refractivity contribution >= 4 is 32.8 Å². The van der Waals surface area contributed by atoms with Crippen LogP contribution in [0.3, 0.4) is 0 Å². The molecule has 0 amide bonds. The molecule has 1 aromatic heterocycles. The highest BCUT2D eigenvalue weighted by molar-refractivity contribution is 7.92. The molecule has 7 heteroatoms. The van der Waals surface area contributed by atoms with Crippen LogP contribution in [0.25, 0.3) is 11.0 Å². The van der Waals surface area contributed by atoms with Crippen molar-refractivity contribution in [1.82, 2.24) is 9.97 Å². The second-order valence-electron chi connectivity index (χ2n) is 6.69. The number of fused-ring (bicyclic) bond motifs is 1. The number of Topliss-reactive ketones (excluding diaryl/α,β-unsaturated/α-hetero) is 1. The molecule has 0 radical (unpaired) electrons. The molecule has 4 rings (SSSR count). The Morgan fingerprint density at radius 1 is 0.931 bits per heavy atom. The van der Waals surface area contributed by atoms with Crippen LogP contribution in [0.2, 0.25) is 0 Å². The van der Waals surface area contributed by atoms with Gasteiger partial charge in [-0.15, -0.1) is 0 Å². The number of carbonyl (C=O) groups excluding carboxylic acids is 1. The Morgan fingerprint density at radius 3 is 2.28 bits per heavy atom. The highest BCUT2D eigenvalue weighted by atomic mass is 32.2. The van der Waals surface area contributed by atoms with Gasteiger partial charge >= 0.3 is 0 Å². The van der Waals surface area contributed by atoms with E-state index in [0.717, 1.165) is 9.87 Å². The number of carbonyl (C=O) groups is 1. The van der Waals surface area contributed by atoms with Crippen LogP contribution in [0, 0.1) is 6.92 Å². The van der Waals surface area contributed by atoms with E-state index < -0.39 is 10.0 Å². The van der Waals surface area contributed by atoms with E-state index >= 15 is 0 Å². The number of rotatable bonds is 6. The number of hydrogen-bond donors (Lipinski definition) is 1. The third-order valence-electron chi connectivity index (χ3n) is 4.61. The zero-order valence-electron chi connectivity index (χ0n) is 15.7. The maximum atomic E-state index is 13.4. The van der Waals surface area contributed by atoms with Crippen LogP contribution < -0.4 is 4.31 Å². The quantitative estimate of drug-likeness (QED) is 0.493. The van der Waals surface area contributed by atoms with Gasteiger partial charge in [0, 0.05) is 5.56 Å². The highest BCUT2D eigenvalue weighted by Crippen LogP contribution is 2.24. The summed E-state index contributed by atoms with van der Waals surface area (Å²) in [5.74, 6) is -0.210. The van der Waals surface area contributed by atoms with Gasteiger partial charge in [0.1, 0.15) is 6.54 Å². The Hall–Kier alpha value is -3.45. The predicted molar refractivity (Wildman–Crippen MR) is 113 cm³/mol. The van der Waals surface area contributed by atoms with E-state index in [-0.39, 0.29) is 23.2 Å². The van der Waals surface area contributed by atoms with E-state index in [9.17, 15) is 13.2 Å². The lowest BCUT2D eigenvalue weighted by Crippen LogP contribution is -2.36. The maximum Gasteiger partial charge on any atom is 0.267 e. The first-order valence-electron chi connectivity index (χ1n) is 9.07. The molecule has 0 saturated carbocycles. The lowest BCUT2D eigenvalue weighted by molar-refractivity contribution is 0.100. The van der Waals surface area contributed by atoms with Gasteiger partial charge in [0.05, 0.1) is 15.9 Å². The molecule has 0 spiro atoms. The molecule has 4 aromatic rings. The van der Waals surface area contributed by atoms with Crippen LogP contribution in [-0.2, 0) is 10.0 Å². The van der Waals surface area contributed by atoms with Crippen LogP contribution in [0.15, 0.2) is 83.8 Å². The van der Waals surface area contributed by atoms with Crippen LogP contribution in [0.1, 0.15) is 15.9 Å². The standard InChI is InChI=1S/C22H19N3O3S/c1-16-11-13-18(14-12-16)29(27,28)25(15-21(26)17-7-3-2-4-8-17)22-23-19-9-5-6-10-20(19)24-22/h2-14H,15H2,1H3,(H,23,24). The van der Waals surface area contributed by atoms with Crippen molar-refractivity contribution in [2.24, 2.45) is 0 Å². The summed E-state index contributed by atoms with van der Waals surface area (Å²) in [5, 5.41) is 0. The first-order valence-corrected chi connectivity index (χ1v) is 10.5. The van der Waals surface area contributed by atoms with Crippen LogP contribution in [-0.4, -0.2) is 30.7 Å². The number of hydrogen-bond acceptors (Lipinski definition) is 4. The number of aromatic amines is 1. The number of nitrogens with one attached hydrogen (secondary N) is 1. The molecule has 0 aliphatic rings. The highest BCUT2D eigenvalue weighted by Gasteiger charge is 2.29. The van der Waals surface area contributed by atoms with E-state index in [2.05, 4.69) is 9.97 Å². The summed E-state index contributed by atoms with van der Waals surface area (Å²) >= 11 is 0. The average Bonchev–Trinajstić information content (AvgIpc) is 3.16. The molecular formula is C22H19N3O3S. The van der Waals surface area contributed by atoms with Gasteiger partial charge < -0.3 is 4.98 Å². The van der Waals surface area contributed by atoms with Crippen molar-refractivity contribution < 1.29 is 13.2 Å². The van der Waals surface area contributed by atoms with E-state index in [1.807, 2.05) is 25.1 Å². The number of aryl methyl sites for hydroxylation is 1. The molecule has 3 aromatic carbocycles. The Kier molecular flexibility index (Phi) is 4.90. The van der Waals surface area contributed by atoms with Crippen molar-refractivity contribution in [1.29, 1.82) is 0 Å². The number of nitrogens with zero attached hydrogens (tertiary/aromatic N) is 2. The van der Waals surface area contributed by atoms with Gasteiger partial charge in [0.25, 0.3) is 10.0 Å². The largest absolute Gasteiger partial charge is 0.323 e. The fraction of sp³-hybridized carbons (Fsp3) is 0.0909. The lowest BCUT2D eigenvalue weighted by atomic mass is 10.1. The van der Waals surface area contributed by atoms with Crippen molar-refractivity contribution in [3.8, 4) is 0 Å². The Balaban J connectivity index is 1.80. The normalized spacial score (nSPS) is 11.5. The molecule has 146 valence electrons. The van der Waals surface area contributed by atoms with E-state index in [1.54, 1.807) is 48.5 Å². The summed E-state index contributed by atoms with van der Waals surface area (Å²) in [6.07, 6.45) is 0. The molecule has 0 aliphatic carbocycles. The molecule has 6 nitrogen and oxygen atoms in total. The van der Waals surface area contributed by atoms with Crippen molar-refractivity contribution in [2.75, 3.05) is 10.8 Å². The van der Waals surface area contributed by atoms with Gasteiger partial charge in [-0.05, 0) is 31.2 Å². The average molecular weight is 405 g/mol. The first kappa shape index (κ1) is 18.9. The fourth-order valence-corrected chi connectivity index (χ4v) is 4.35. The minimum absolute atomic E-state index is 0.101. The molecule has 0 unspecified atom stereocenters. The van der Waals surface area contributed by atoms with Crippen LogP contribution in [0.5, 0.6) is 0 Å². The van der Waals surface area contributed by atoms with Gasteiger partial charge in [-0.3, -0.25) is 4.79 Å². The smallest absolute Gasteiger partial charge is 0.267 e. The predicted octanol–water partition coefficient (Wildman–Crippen LogP) is 3.95. The number of sulfonamides is 1. The monoisotopic (exact) mass is 405 g/mol. The first-order chi connectivity index (χ1) is 13.9. The number of H-pyrrole nitrogens is 1. The van der Waals surface area contributed by atoms with Gasteiger partial charge in [-0.25, -0.2) is 17.7 Å². The molecule has 0 fully saturated rings. The van der Waals surface area contributed by atoms with E-state index in [1.165, 1.54) is 12.1 Å². The number of para-hydroxylation sites is 2. The number of benzene rings is 3. The number of ketones is 1. The molecule has 0 bridgehead atoms. The Labute approximate surface area is 168 Å². The Morgan fingerprint density at radius 2 is 1.59 bits per heavy atom.